The maximum Gasteiger partial charge on any atom is 0.150 e. The molecule has 0 unspecified atom stereocenters. The van der Waals surface area contributed by atoms with Crippen molar-refractivity contribution in [1.82, 2.24) is 14.7 Å². The fraction of sp³-hybridized carbons (Fsp3) is 0.786. The minimum Gasteiger partial charge on any atom is -0.394 e. The average molecular weight is 265 g/mol. The molecule has 0 atom stereocenters. The second-order valence-corrected chi connectivity index (χ2v) is 5.97. The summed E-state index contributed by atoms with van der Waals surface area (Å²) in [5, 5.41) is 4.50. The molecule has 1 heterocycles. The lowest BCUT2D eigenvalue weighted by Crippen LogP contribution is -2.57. The van der Waals surface area contributed by atoms with Gasteiger partial charge in [-0.05, 0) is 47.2 Å². The number of nitrogen functional groups attached to an aromatic ring is 1. The van der Waals surface area contributed by atoms with Gasteiger partial charge in [0.1, 0.15) is 5.82 Å². The number of likely N-dealkylation sites (N-methyl/N-ethyl adjacent to an activating group) is 2. The van der Waals surface area contributed by atoms with E-state index in [1.54, 1.807) is 0 Å². The summed E-state index contributed by atoms with van der Waals surface area (Å²) < 4.78 is 2.01. The van der Waals surface area contributed by atoms with E-state index in [2.05, 4.69) is 43.0 Å². The number of hydrogen-bond donors (Lipinski definition) is 1. The molecule has 2 rings (SSSR count). The normalized spacial score (nSPS) is 17.6. The molecule has 1 saturated carbocycles. The summed E-state index contributed by atoms with van der Waals surface area (Å²) in [7, 11) is 6.49. The summed E-state index contributed by atoms with van der Waals surface area (Å²) >= 11 is 0. The van der Waals surface area contributed by atoms with Crippen molar-refractivity contribution in [1.29, 1.82) is 0 Å². The van der Waals surface area contributed by atoms with Crippen molar-refractivity contribution in [3.63, 3.8) is 0 Å². The van der Waals surface area contributed by atoms with Crippen LogP contribution in [-0.4, -0.2) is 47.9 Å². The monoisotopic (exact) mass is 265 g/mol. The largest absolute Gasteiger partial charge is 0.394 e. The van der Waals surface area contributed by atoms with Gasteiger partial charge in [0.25, 0.3) is 0 Å². The summed E-state index contributed by atoms with van der Waals surface area (Å²) in [6.07, 6.45) is 3.86. The second-order valence-electron chi connectivity index (χ2n) is 5.97. The Morgan fingerprint density at radius 3 is 2.37 bits per heavy atom. The standard InChI is InChI=1S/C14H27N5/c1-6-19-13(12(15)11(2)16-19)18(5)10-14(17(3)4)8-7-9-14/h6-10,15H2,1-5H3. The Morgan fingerprint density at radius 1 is 1.32 bits per heavy atom. The minimum atomic E-state index is 0.304. The highest BCUT2D eigenvalue weighted by Crippen LogP contribution is 2.38. The number of rotatable bonds is 5. The van der Waals surface area contributed by atoms with Gasteiger partial charge in [0.15, 0.2) is 0 Å². The summed E-state index contributed by atoms with van der Waals surface area (Å²) in [5.74, 6) is 1.06. The maximum absolute atomic E-state index is 6.20. The van der Waals surface area contributed by atoms with Crippen molar-refractivity contribution in [2.45, 2.75) is 45.2 Å². The molecule has 0 spiro atoms. The van der Waals surface area contributed by atoms with Crippen LogP contribution in [0.4, 0.5) is 11.5 Å². The first-order valence-corrected chi connectivity index (χ1v) is 7.12. The van der Waals surface area contributed by atoms with Crippen LogP contribution in [0.5, 0.6) is 0 Å². The number of anilines is 2. The first-order valence-electron chi connectivity index (χ1n) is 7.12. The van der Waals surface area contributed by atoms with Crippen LogP contribution in [-0.2, 0) is 6.54 Å². The zero-order chi connectivity index (χ0) is 14.2. The van der Waals surface area contributed by atoms with Gasteiger partial charge in [-0.1, -0.05) is 0 Å². The predicted molar refractivity (Wildman–Crippen MR) is 80.6 cm³/mol. The topological polar surface area (TPSA) is 50.3 Å². The Morgan fingerprint density at radius 2 is 1.95 bits per heavy atom. The molecule has 1 aromatic heterocycles. The molecule has 0 bridgehead atoms. The van der Waals surface area contributed by atoms with Crippen molar-refractivity contribution in [2.24, 2.45) is 0 Å². The molecule has 0 aliphatic heterocycles. The maximum atomic E-state index is 6.20. The SMILES string of the molecule is CCn1nc(C)c(N)c1N(C)CC1(N(C)C)CCC1. The second kappa shape index (κ2) is 5.04. The van der Waals surface area contributed by atoms with Gasteiger partial charge in [-0.2, -0.15) is 5.10 Å². The van der Waals surface area contributed by atoms with E-state index < -0.39 is 0 Å². The van der Waals surface area contributed by atoms with Gasteiger partial charge in [-0.3, -0.25) is 0 Å². The molecule has 5 heteroatoms. The molecule has 108 valence electrons. The fourth-order valence-electron chi connectivity index (χ4n) is 3.05. The lowest BCUT2D eigenvalue weighted by Gasteiger charge is -2.49. The molecular formula is C14H27N5. The molecule has 1 aliphatic rings. The van der Waals surface area contributed by atoms with Gasteiger partial charge in [0.05, 0.1) is 11.4 Å². The molecule has 19 heavy (non-hydrogen) atoms. The summed E-state index contributed by atoms with van der Waals surface area (Å²) in [5.41, 5.74) is 8.24. The molecule has 0 radical (unpaired) electrons. The van der Waals surface area contributed by atoms with Crippen LogP contribution in [0.3, 0.4) is 0 Å². The molecule has 0 saturated heterocycles. The molecule has 1 aromatic rings. The van der Waals surface area contributed by atoms with E-state index in [-0.39, 0.29) is 0 Å². The number of aryl methyl sites for hydroxylation is 2. The number of nitrogens with two attached hydrogens (primary N) is 1. The van der Waals surface area contributed by atoms with E-state index >= 15 is 0 Å². The molecule has 1 aliphatic carbocycles. The smallest absolute Gasteiger partial charge is 0.150 e. The van der Waals surface area contributed by atoms with Crippen LogP contribution >= 0.6 is 0 Å². The molecule has 0 aromatic carbocycles. The van der Waals surface area contributed by atoms with Crippen molar-refractivity contribution < 1.29 is 0 Å². The number of hydrogen-bond acceptors (Lipinski definition) is 4. The van der Waals surface area contributed by atoms with Crippen LogP contribution in [0.2, 0.25) is 0 Å². The molecule has 1 fully saturated rings. The Labute approximate surface area is 116 Å². The Bertz CT molecular complexity index is 445. The van der Waals surface area contributed by atoms with Gasteiger partial charge in [0, 0.05) is 25.7 Å². The lowest BCUT2D eigenvalue weighted by molar-refractivity contribution is 0.0680. The predicted octanol–water partition coefficient (Wildman–Crippen LogP) is 1.71. The molecule has 0 amide bonds. The van der Waals surface area contributed by atoms with Gasteiger partial charge >= 0.3 is 0 Å². The Kier molecular flexibility index (Phi) is 3.76. The molecule has 2 N–H and O–H groups in total. The van der Waals surface area contributed by atoms with Crippen LogP contribution in [0.15, 0.2) is 0 Å². The lowest BCUT2D eigenvalue weighted by atomic mass is 9.75. The van der Waals surface area contributed by atoms with Crippen molar-refractivity contribution in [2.75, 3.05) is 38.3 Å². The summed E-state index contributed by atoms with van der Waals surface area (Å²) in [6.45, 7) is 5.94. The third-order valence-corrected chi connectivity index (χ3v) is 4.57. The van der Waals surface area contributed by atoms with E-state index in [1.165, 1.54) is 19.3 Å². The third-order valence-electron chi connectivity index (χ3n) is 4.57. The van der Waals surface area contributed by atoms with E-state index in [0.29, 0.717) is 5.54 Å². The van der Waals surface area contributed by atoms with Crippen molar-refractivity contribution in [3.8, 4) is 0 Å². The van der Waals surface area contributed by atoms with Crippen LogP contribution < -0.4 is 10.6 Å². The fourth-order valence-corrected chi connectivity index (χ4v) is 3.05. The quantitative estimate of drug-likeness (QED) is 0.880. The van der Waals surface area contributed by atoms with E-state index in [1.807, 2.05) is 11.6 Å². The summed E-state index contributed by atoms with van der Waals surface area (Å²) in [4.78, 5) is 4.64. The van der Waals surface area contributed by atoms with Gasteiger partial charge in [-0.15, -0.1) is 0 Å². The Hall–Kier alpha value is -1.23. The van der Waals surface area contributed by atoms with Gasteiger partial charge in [-0.25, -0.2) is 4.68 Å². The van der Waals surface area contributed by atoms with E-state index in [4.69, 9.17) is 5.73 Å². The minimum absolute atomic E-state index is 0.304. The Balaban J connectivity index is 2.22. The molecular weight excluding hydrogens is 238 g/mol. The van der Waals surface area contributed by atoms with Gasteiger partial charge < -0.3 is 15.5 Å². The highest BCUT2D eigenvalue weighted by Gasteiger charge is 2.40. The zero-order valence-corrected chi connectivity index (χ0v) is 12.9. The summed E-state index contributed by atoms with van der Waals surface area (Å²) in [6, 6.07) is 0. The van der Waals surface area contributed by atoms with E-state index in [0.717, 1.165) is 30.3 Å². The molecule has 5 nitrogen and oxygen atoms in total. The highest BCUT2D eigenvalue weighted by molar-refractivity contribution is 5.66. The van der Waals surface area contributed by atoms with Crippen LogP contribution in [0.1, 0.15) is 31.9 Å². The number of nitrogens with zero attached hydrogens (tertiary/aromatic N) is 4. The highest BCUT2D eigenvalue weighted by atomic mass is 15.4. The zero-order valence-electron chi connectivity index (χ0n) is 12.9. The van der Waals surface area contributed by atoms with E-state index in [9.17, 15) is 0 Å². The average Bonchev–Trinajstić information content (AvgIpc) is 2.59. The van der Waals surface area contributed by atoms with Crippen molar-refractivity contribution in [3.05, 3.63) is 5.69 Å². The van der Waals surface area contributed by atoms with Crippen LogP contribution in [0, 0.1) is 6.92 Å². The first-order chi connectivity index (χ1) is 8.91. The van der Waals surface area contributed by atoms with Crippen LogP contribution in [0.25, 0.3) is 0 Å². The first kappa shape index (κ1) is 14.2. The number of aromatic nitrogens is 2. The van der Waals surface area contributed by atoms with Gasteiger partial charge in [0.2, 0.25) is 0 Å². The van der Waals surface area contributed by atoms with Crippen molar-refractivity contribution >= 4 is 11.5 Å². The third kappa shape index (κ3) is 2.31.